The van der Waals surface area contributed by atoms with Crippen LogP contribution in [-0.4, -0.2) is 57.5 Å². The van der Waals surface area contributed by atoms with Gasteiger partial charge in [0.1, 0.15) is 12.3 Å². The Balaban J connectivity index is 1.24. The third-order valence-electron chi connectivity index (χ3n) is 6.73. The third-order valence-corrected chi connectivity index (χ3v) is 6.73. The molecule has 2 amide bonds. The van der Waals surface area contributed by atoms with Crippen LogP contribution in [0.25, 0.3) is 11.1 Å². The zero-order valence-electron chi connectivity index (χ0n) is 19.3. The van der Waals surface area contributed by atoms with Gasteiger partial charge in [-0.15, -0.1) is 0 Å². The molecular formula is C26H26N4O5. The highest BCUT2D eigenvalue weighted by Crippen LogP contribution is 2.44. The summed E-state index contributed by atoms with van der Waals surface area (Å²) in [6.45, 7) is 0.820. The first-order valence-corrected chi connectivity index (χ1v) is 11.6. The highest BCUT2D eigenvalue weighted by molar-refractivity contribution is 5.95. The Hall–Kier alpha value is -4.14. The number of aromatic nitrogens is 2. The van der Waals surface area contributed by atoms with E-state index >= 15 is 0 Å². The first-order chi connectivity index (χ1) is 16.9. The summed E-state index contributed by atoms with van der Waals surface area (Å²) in [5, 5.41) is 16.1. The number of benzene rings is 2. The van der Waals surface area contributed by atoms with Crippen LogP contribution in [0.3, 0.4) is 0 Å². The number of hydrogen-bond donors (Lipinski definition) is 2. The van der Waals surface area contributed by atoms with Crippen LogP contribution in [0.2, 0.25) is 0 Å². The number of carboxylic acid groups (broad SMARTS) is 1. The van der Waals surface area contributed by atoms with Crippen LogP contribution in [0, 0.1) is 5.92 Å². The van der Waals surface area contributed by atoms with E-state index < -0.39 is 18.0 Å². The minimum atomic E-state index is -0.898. The van der Waals surface area contributed by atoms with Crippen molar-refractivity contribution < 1.29 is 24.2 Å². The van der Waals surface area contributed by atoms with Gasteiger partial charge < -0.3 is 14.7 Å². The van der Waals surface area contributed by atoms with E-state index in [9.17, 15) is 19.5 Å². The van der Waals surface area contributed by atoms with Crippen molar-refractivity contribution in [2.45, 2.75) is 18.8 Å². The molecule has 1 fully saturated rings. The van der Waals surface area contributed by atoms with E-state index in [0.29, 0.717) is 19.4 Å². The molecule has 1 atom stereocenters. The fourth-order valence-electron chi connectivity index (χ4n) is 4.99. The molecule has 1 aliphatic carbocycles. The van der Waals surface area contributed by atoms with Crippen molar-refractivity contribution in [3.05, 3.63) is 71.4 Å². The number of aryl methyl sites for hydroxylation is 1. The van der Waals surface area contributed by atoms with Crippen molar-refractivity contribution in [3.8, 4) is 11.1 Å². The summed E-state index contributed by atoms with van der Waals surface area (Å²) >= 11 is 0. The number of carbonyl (C=O) groups is 3. The van der Waals surface area contributed by atoms with Crippen LogP contribution >= 0.6 is 0 Å². The lowest BCUT2D eigenvalue weighted by Crippen LogP contribution is -2.42. The summed E-state index contributed by atoms with van der Waals surface area (Å²) in [6.07, 6.45) is 0.526. The second-order valence-electron chi connectivity index (χ2n) is 8.92. The Bertz CT molecular complexity index is 1250. The number of carboxylic acids is 1. The normalized spacial score (nSPS) is 16.9. The fraction of sp³-hybridized carbons (Fsp3) is 0.308. The molecule has 3 aromatic rings. The maximum Gasteiger partial charge on any atom is 0.412 e. The number of piperidine rings is 1. The van der Waals surface area contributed by atoms with Gasteiger partial charge in [0.05, 0.1) is 5.92 Å². The van der Waals surface area contributed by atoms with Gasteiger partial charge in [-0.1, -0.05) is 48.5 Å². The molecule has 1 aromatic heterocycles. The molecule has 0 spiro atoms. The van der Waals surface area contributed by atoms with Gasteiger partial charge in [0.15, 0.2) is 5.82 Å². The van der Waals surface area contributed by atoms with E-state index in [-0.39, 0.29) is 36.5 Å². The SMILES string of the molecule is Cn1nc(NC(=O)OCC2c3ccccc3-c3ccccc32)cc1C(=O)N1CCC[C@@H](C(=O)O)C1. The lowest BCUT2D eigenvalue weighted by molar-refractivity contribution is -0.143. The summed E-state index contributed by atoms with van der Waals surface area (Å²) in [5.74, 6) is -1.65. The number of anilines is 1. The predicted octanol–water partition coefficient (Wildman–Crippen LogP) is 3.72. The summed E-state index contributed by atoms with van der Waals surface area (Å²) < 4.78 is 6.93. The molecule has 1 aliphatic heterocycles. The van der Waals surface area contributed by atoms with Gasteiger partial charge >= 0.3 is 12.1 Å². The molecule has 9 nitrogen and oxygen atoms in total. The van der Waals surface area contributed by atoms with E-state index in [4.69, 9.17) is 4.74 Å². The number of aliphatic carboxylic acids is 1. The number of ether oxygens (including phenoxy) is 1. The maximum atomic E-state index is 12.9. The van der Waals surface area contributed by atoms with E-state index in [1.54, 1.807) is 7.05 Å². The van der Waals surface area contributed by atoms with Crippen molar-refractivity contribution in [2.75, 3.05) is 25.0 Å². The van der Waals surface area contributed by atoms with Gasteiger partial charge in [-0.2, -0.15) is 5.10 Å². The van der Waals surface area contributed by atoms with Gasteiger partial charge in [0.2, 0.25) is 0 Å². The monoisotopic (exact) mass is 474 g/mol. The van der Waals surface area contributed by atoms with Crippen LogP contribution in [0.5, 0.6) is 0 Å². The number of fused-ring (bicyclic) bond motifs is 3. The number of carbonyl (C=O) groups excluding carboxylic acids is 2. The lowest BCUT2D eigenvalue weighted by Gasteiger charge is -2.30. The van der Waals surface area contributed by atoms with Gasteiger partial charge in [-0.3, -0.25) is 19.6 Å². The van der Waals surface area contributed by atoms with Crippen molar-refractivity contribution in [1.82, 2.24) is 14.7 Å². The number of rotatable bonds is 5. The second kappa shape index (κ2) is 9.25. The number of hydrogen-bond acceptors (Lipinski definition) is 5. The topological polar surface area (TPSA) is 114 Å². The van der Waals surface area contributed by atoms with E-state index in [2.05, 4.69) is 22.5 Å². The van der Waals surface area contributed by atoms with Crippen molar-refractivity contribution in [3.63, 3.8) is 0 Å². The van der Waals surface area contributed by atoms with Crippen LogP contribution in [0.15, 0.2) is 54.6 Å². The number of amides is 2. The minimum Gasteiger partial charge on any atom is -0.481 e. The van der Waals surface area contributed by atoms with Crippen molar-refractivity contribution in [2.24, 2.45) is 13.0 Å². The van der Waals surface area contributed by atoms with Gasteiger partial charge in [-0.05, 0) is 35.1 Å². The molecule has 0 unspecified atom stereocenters. The molecule has 1 saturated heterocycles. The Morgan fingerprint density at radius 1 is 1.09 bits per heavy atom. The van der Waals surface area contributed by atoms with Crippen LogP contribution in [0.4, 0.5) is 10.6 Å². The van der Waals surface area contributed by atoms with E-state index in [0.717, 1.165) is 22.3 Å². The Morgan fingerprint density at radius 3 is 2.40 bits per heavy atom. The summed E-state index contributed by atoms with van der Waals surface area (Å²) in [7, 11) is 1.61. The lowest BCUT2D eigenvalue weighted by atomic mass is 9.98. The zero-order valence-corrected chi connectivity index (χ0v) is 19.3. The molecule has 2 aromatic carbocycles. The summed E-state index contributed by atoms with van der Waals surface area (Å²) in [4.78, 5) is 38.4. The number of nitrogens with one attached hydrogen (secondary N) is 1. The summed E-state index contributed by atoms with van der Waals surface area (Å²) in [5.41, 5.74) is 4.80. The number of nitrogens with zero attached hydrogens (tertiary/aromatic N) is 3. The molecule has 180 valence electrons. The smallest absolute Gasteiger partial charge is 0.412 e. The van der Waals surface area contributed by atoms with Gasteiger partial charge in [0, 0.05) is 32.1 Å². The molecule has 0 saturated carbocycles. The highest BCUT2D eigenvalue weighted by atomic mass is 16.5. The maximum absolute atomic E-state index is 12.9. The van der Waals surface area contributed by atoms with Crippen LogP contribution < -0.4 is 5.32 Å². The molecule has 0 bridgehead atoms. The minimum absolute atomic E-state index is 0.0599. The second-order valence-corrected chi connectivity index (χ2v) is 8.92. The van der Waals surface area contributed by atoms with Crippen LogP contribution in [0.1, 0.15) is 40.4 Å². The molecule has 9 heteroatoms. The largest absolute Gasteiger partial charge is 0.481 e. The summed E-state index contributed by atoms with van der Waals surface area (Å²) in [6, 6.07) is 17.7. The first kappa shape index (κ1) is 22.6. The molecule has 5 rings (SSSR count). The quantitative estimate of drug-likeness (QED) is 0.583. The van der Waals surface area contributed by atoms with Gasteiger partial charge in [0.25, 0.3) is 5.91 Å². The molecule has 0 radical (unpaired) electrons. The van der Waals surface area contributed by atoms with E-state index in [1.807, 2.05) is 36.4 Å². The zero-order chi connectivity index (χ0) is 24.5. The Morgan fingerprint density at radius 2 is 1.74 bits per heavy atom. The van der Waals surface area contributed by atoms with E-state index in [1.165, 1.54) is 15.6 Å². The van der Waals surface area contributed by atoms with Crippen LogP contribution in [-0.2, 0) is 16.6 Å². The van der Waals surface area contributed by atoms with Crippen molar-refractivity contribution >= 4 is 23.8 Å². The third kappa shape index (κ3) is 4.37. The Labute approximate surface area is 202 Å². The molecule has 2 heterocycles. The molecule has 2 aliphatic rings. The average Bonchev–Trinajstić information content (AvgIpc) is 3.39. The van der Waals surface area contributed by atoms with Gasteiger partial charge in [-0.25, -0.2) is 4.79 Å². The van der Waals surface area contributed by atoms with Crippen molar-refractivity contribution in [1.29, 1.82) is 0 Å². The predicted molar refractivity (Wildman–Crippen MR) is 128 cm³/mol. The molecular weight excluding hydrogens is 448 g/mol. The molecule has 2 N–H and O–H groups in total. The Kier molecular flexibility index (Phi) is 5.98. The first-order valence-electron chi connectivity index (χ1n) is 11.6. The fourth-order valence-corrected chi connectivity index (χ4v) is 4.99. The molecule has 35 heavy (non-hydrogen) atoms. The standard InChI is InChI=1S/C26H26N4O5/c1-29-22(24(31)30-12-6-7-16(14-30)25(32)33)13-23(28-29)27-26(34)35-15-21-19-10-4-2-8-17(19)18-9-3-5-11-20(18)21/h2-5,8-11,13,16,21H,6-7,12,14-15H2,1H3,(H,32,33)(H,27,28,34)/t16-/m1/s1. The number of likely N-dealkylation sites (tertiary alicyclic amines) is 1. The average molecular weight is 475 g/mol. The highest BCUT2D eigenvalue weighted by Gasteiger charge is 2.31.